The molecule has 0 aliphatic rings. The van der Waals surface area contributed by atoms with Crippen LogP contribution in [0.2, 0.25) is 5.02 Å². The molecule has 0 aromatic heterocycles. The van der Waals surface area contributed by atoms with Crippen LogP contribution in [-0.4, -0.2) is 12.3 Å². The summed E-state index contributed by atoms with van der Waals surface area (Å²) in [7, 11) is 0. The van der Waals surface area contributed by atoms with Gasteiger partial charge in [-0.05, 0) is 19.5 Å². The number of hydrogen-bond acceptors (Lipinski definition) is 2. The van der Waals surface area contributed by atoms with Crippen molar-refractivity contribution in [2.24, 2.45) is 5.73 Å². The summed E-state index contributed by atoms with van der Waals surface area (Å²) in [5.74, 6) is -0.167. The van der Waals surface area contributed by atoms with Gasteiger partial charge in [0, 0.05) is 22.6 Å². The first-order chi connectivity index (χ1) is 7.07. The van der Waals surface area contributed by atoms with Crippen molar-refractivity contribution in [2.45, 2.75) is 19.5 Å². The number of carbonyl (C=O) groups is 1. The summed E-state index contributed by atoms with van der Waals surface area (Å²) in [6, 6.07) is 4.79. The Morgan fingerprint density at radius 3 is 2.80 bits per heavy atom. The van der Waals surface area contributed by atoms with E-state index < -0.39 is 6.17 Å². The molecule has 2 N–H and O–H groups in total. The number of benzene rings is 1. The average molecular weight is 230 g/mol. The van der Waals surface area contributed by atoms with Gasteiger partial charge in [0.1, 0.15) is 6.17 Å². The van der Waals surface area contributed by atoms with Crippen molar-refractivity contribution < 1.29 is 9.18 Å². The zero-order valence-electron chi connectivity index (χ0n) is 8.47. The zero-order valence-corrected chi connectivity index (χ0v) is 9.22. The van der Waals surface area contributed by atoms with Crippen molar-refractivity contribution in [2.75, 3.05) is 6.54 Å². The Balaban J connectivity index is 3.17. The molecule has 4 heteroatoms. The van der Waals surface area contributed by atoms with Crippen LogP contribution in [0.25, 0.3) is 0 Å². The number of halogens is 2. The lowest BCUT2D eigenvalue weighted by Gasteiger charge is -2.11. The van der Waals surface area contributed by atoms with Crippen LogP contribution in [0.4, 0.5) is 4.39 Å². The van der Waals surface area contributed by atoms with Gasteiger partial charge in [-0.25, -0.2) is 4.39 Å². The van der Waals surface area contributed by atoms with Gasteiger partial charge in [-0.2, -0.15) is 0 Å². The molecular weight excluding hydrogens is 217 g/mol. The van der Waals surface area contributed by atoms with Gasteiger partial charge in [0.05, 0.1) is 0 Å². The van der Waals surface area contributed by atoms with E-state index in [-0.39, 0.29) is 29.3 Å². The predicted octanol–water partition coefficient (Wildman–Crippen LogP) is 2.90. The summed E-state index contributed by atoms with van der Waals surface area (Å²) in [4.78, 5) is 11.6. The summed E-state index contributed by atoms with van der Waals surface area (Å²) in [6.07, 6.45) is -1.05. The van der Waals surface area contributed by atoms with E-state index in [1.165, 1.54) is 6.92 Å². The van der Waals surface area contributed by atoms with Crippen LogP contribution in [-0.2, 0) is 0 Å². The minimum absolute atomic E-state index is 0.167. The molecule has 1 aromatic carbocycles. The Labute approximate surface area is 93.2 Å². The molecule has 0 saturated heterocycles. The molecule has 0 heterocycles. The highest BCUT2D eigenvalue weighted by molar-refractivity contribution is 6.32. The minimum atomic E-state index is -1.25. The quantitative estimate of drug-likeness (QED) is 0.807. The minimum Gasteiger partial charge on any atom is -0.330 e. The SMILES string of the molecule is CC(F)c1c(Cl)cccc1C(=O)CCN. The predicted molar refractivity (Wildman–Crippen MR) is 59.0 cm³/mol. The summed E-state index contributed by atoms with van der Waals surface area (Å²) in [6.45, 7) is 1.62. The maximum Gasteiger partial charge on any atom is 0.164 e. The van der Waals surface area contributed by atoms with E-state index in [0.717, 1.165) is 0 Å². The molecule has 1 rings (SSSR count). The van der Waals surface area contributed by atoms with Gasteiger partial charge in [0.15, 0.2) is 5.78 Å². The van der Waals surface area contributed by atoms with Crippen molar-refractivity contribution >= 4 is 17.4 Å². The number of hydrogen-bond donors (Lipinski definition) is 1. The number of ketones is 1. The Hall–Kier alpha value is -0.930. The van der Waals surface area contributed by atoms with Crippen LogP contribution >= 0.6 is 11.6 Å². The lowest BCUT2D eigenvalue weighted by atomic mass is 9.99. The van der Waals surface area contributed by atoms with Crippen molar-refractivity contribution in [3.8, 4) is 0 Å². The fourth-order valence-electron chi connectivity index (χ4n) is 1.45. The average Bonchev–Trinajstić information content (AvgIpc) is 2.17. The van der Waals surface area contributed by atoms with Gasteiger partial charge in [-0.1, -0.05) is 23.7 Å². The largest absolute Gasteiger partial charge is 0.330 e. The fraction of sp³-hybridized carbons (Fsp3) is 0.364. The molecule has 1 aromatic rings. The maximum absolute atomic E-state index is 13.3. The standard InChI is InChI=1S/C11H13ClFNO/c1-7(13)11-8(10(15)5-6-14)3-2-4-9(11)12/h2-4,7H,5-6,14H2,1H3. The highest BCUT2D eigenvalue weighted by Gasteiger charge is 2.17. The van der Waals surface area contributed by atoms with Gasteiger partial charge in [0.2, 0.25) is 0 Å². The van der Waals surface area contributed by atoms with Gasteiger partial charge < -0.3 is 5.73 Å². The molecule has 0 bridgehead atoms. The van der Waals surface area contributed by atoms with E-state index in [9.17, 15) is 9.18 Å². The number of Topliss-reactive ketones (excluding diaryl/α,β-unsaturated/α-hetero) is 1. The smallest absolute Gasteiger partial charge is 0.164 e. The molecule has 82 valence electrons. The number of carbonyl (C=O) groups excluding carboxylic acids is 1. The maximum atomic E-state index is 13.3. The van der Waals surface area contributed by atoms with Crippen LogP contribution in [0.3, 0.4) is 0 Å². The Morgan fingerprint density at radius 2 is 2.27 bits per heavy atom. The van der Waals surface area contributed by atoms with Gasteiger partial charge in [-0.3, -0.25) is 4.79 Å². The lowest BCUT2D eigenvalue weighted by Crippen LogP contribution is -2.11. The van der Waals surface area contributed by atoms with Crippen molar-refractivity contribution in [1.82, 2.24) is 0 Å². The van der Waals surface area contributed by atoms with Crippen LogP contribution in [0, 0.1) is 0 Å². The van der Waals surface area contributed by atoms with E-state index in [2.05, 4.69) is 0 Å². The summed E-state index contributed by atoms with van der Waals surface area (Å²) < 4.78 is 13.3. The first-order valence-electron chi connectivity index (χ1n) is 4.73. The van der Waals surface area contributed by atoms with Gasteiger partial charge in [0.25, 0.3) is 0 Å². The molecule has 1 unspecified atom stereocenters. The van der Waals surface area contributed by atoms with Crippen molar-refractivity contribution in [3.63, 3.8) is 0 Å². The second-order valence-corrected chi connectivity index (χ2v) is 3.69. The van der Waals surface area contributed by atoms with Crippen LogP contribution in [0.15, 0.2) is 18.2 Å². The summed E-state index contributed by atoms with van der Waals surface area (Å²) in [5.41, 5.74) is 5.88. The van der Waals surface area contributed by atoms with E-state index in [1.54, 1.807) is 18.2 Å². The Kier molecular flexibility index (Phi) is 4.24. The molecule has 1 atom stereocenters. The third-order valence-corrected chi connectivity index (χ3v) is 2.45. The molecule has 0 saturated carbocycles. The number of rotatable bonds is 4. The number of alkyl halides is 1. The van der Waals surface area contributed by atoms with Crippen molar-refractivity contribution in [1.29, 1.82) is 0 Å². The topological polar surface area (TPSA) is 43.1 Å². The summed E-state index contributed by atoms with van der Waals surface area (Å²) in [5, 5.41) is 0.285. The highest BCUT2D eigenvalue weighted by atomic mass is 35.5. The van der Waals surface area contributed by atoms with Crippen LogP contribution < -0.4 is 5.73 Å². The van der Waals surface area contributed by atoms with E-state index in [1.807, 2.05) is 0 Å². The Bertz CT molecular complexity index is 366. The fourth-order valence-corrected chi connectivity index (χ4v) is 1.78. The van der Waals surface area contributed by atoms with E-state index >= 15 is 0 Å². The third kappa shape index (κ3) is 2.76. The summed E-state index contributed by atoms with van der Waals surface area (Å²) >= 11 is 5.85. The normalized spacial score (nSPS) is 12.5. The molecule has 0 aliphatic heterocycles. The molecule has 0 amide bonds. The second kappa shape index (κ2) is 5.24. The molecule has 0 aliphatic carbocycles. The lowest BCUT2D eigenvalue weighted by molar-refractivity contribution is 0.0982. The van der Waals surface area contributed by atoms with E-state index in [4.69, 9.17) is 17.3 Å². The van der Waals surface area contributed by atoms with Crippen molar-refractivity contribution in [3.05, 3.63) is 34.3 Å². The van der Waals surface area contributed by atoms with Crippen LogP contribution in [0.1, 0.15) is 35.4 Å². The Morgan fingerprint density at radius 1 is 1.60 bits per heavy atom. The second-order valence-electron chi connectivity index (χ2n) is 3.28. The molecule has 0 fully saturated rings. The van der Waals surface area contributed by atoms with Crippen LogP contribution in [0.5, 0.6) is 0 Å². The van der Waals surface area contributed by atoms with Gasteiger partial charge >= 0.3 is 0 Å². The first-order valence-corrected chi connectivity index (χ1v) is 5.11. The first kappa shape index (κ1) is 12.1. The monoisotopic (exact) mass is 229 g/mol. The zero-order chi connectivity index (χ0) is 11.4. The molecule has 2 nitrogen and oxygen atoms in total. The van der Waals surface area contributed by atoms with Gasteiger partial charge in [-0.15, -0.1) is 0 Å². The number of nitrogens with two attached hydrogens (primary N) is 1. The molecule has 15 heavy (non-hydrogen) atoms. The molecule has 0 radical (unpaired) electrons. The third-order valence-electron chi connectivity index (χ3n) is 2.12. The molecule has 0 spiro atoms. The van der Waals surface area contributed by atoms with E-state index in [0.29, 0.717) is 5.56 Å². The highest BCUT2D eigenvalue weighted by Crippen LogP contribution is 2.29. The molecular formula is C11H13ClFNO.